The fourth-order valence-corrected chi connectivity index (χ4v) is 3.63. The van der Waals surface area contributed by atoms with Crippen LogP contribution in [0, 0.1) is 12.8 Å². The molecule has 0 bridgehead atoms. The lowest BCUT2D eigenvalue weighted by atomic mass is 9.99. The maximum Gasteiger partial charge on any atom is 0.228 e. The Hall–Kier alpha value is -2.38. The number of benzene rings is 1. The molecule has 128 valence electrons. The normalized spacial score (nSPS) is 15.4. The number of carbonyl (C=O) groups is 1. The average Bonchev–Trinajstić information content (AvgIpc) is 3.08. The van der Waals surface area contributed by atoms with Crippen LogP contribution in [-0.2, 0) is 9.53 Å². The summed E-state index contributed by atoms with van der Waals surface area (Å²) in [6, 6.07) is 7.99. The van der Waals surface area contributed by atoms with Crippen LogP contribution in [0.2, 0.25) is 0 Å². The van der Waals surface area contributed by atoms with Crippen molar-refractivity contribution >= 4 is 33.8 Å². The van der Waals surface area contributed by atoms with Crippen LogP contribution < -0.4 is 5.32 Å². The van der Waals surface area contributed by atoms with Gasteiger partial charge in [-0.15, -0.1) is 10.2 Å². The van der Waals surface area contributed by atoms with Crippen LogP contribution in [0.4, 0.5) is 5.82 Å². The van der Waals surface area contributed by atoms with Gasteiger partial charge in [0.2, 0.25) is 5.91 Å². The van der Waals surface area contributed by atoms with Crippen LogP contribution in [0.3, 0.4) is 0 Å². The molecule has 0 atom stereocenters. The van der Waals surface area contributed by atoms with Gasteiger partial charge < -0.3 is 10.1 Å². The number of fused-ring (bicyclic) bond motifs is 1. The predicted octanol–water partition coefficient (Wildman–Crippen LogP) is 3.43. The maximum absolute atomic E-state index is 12.4. The van der Waals surface area contributed by atoms with Crippen molar-refractivity contribution in [3.05, 3.63) is 35.5 Å². The van der Waals surface area contributed by atoms with Crippen LogP contribution in [0.15, 0.2) is 30.5 Å². The molecule has 1 saturated heterocycles. The number of aromatic nitrogens is 3. The molecule has 1 N–H and O–H groups in total. The Morgan fingerprint density at radius 3 is 2.80 bits per heavy atom. The smallest absolute Gasteiger partial charge is 0.228 e. The molecule has 1 amide bonds. The third-order valence-corrected chi connectivity index (χ3v) is 5.23. The van der Waals surface area contributed by atoms with E-state index in [4.69, 9.17) is 4.74 Å². The number of hydrogen-bond acceptors (Lipinski definition) is 6. The number of amides is 1. The standard InChI is InChI=1S/C18H18N4O2S/c1-11-21-22-18(25-11)13-2-3-14-10-19-16(9-15(14)8-13)20-17(23)12-4-6-24-7-5-12/h2-3,8-10,12H,4-7H2,1H3,(H,19,20,23). The molecule has 1 fully saturated rings. The van der Waals surface area contributed by atoms with Gasteiger partial charge in [0.25, 0.3) is 0 Å². The van der Waals surface area contributed by atoms with Gasteiger partial charge in [0.05, 0.1) is 0 Å². The third kappa shape index (κ3) is 3.52. The summed E-state index contributed by atoms with van der Waals surface area (Å²) >= 11 is 1.56. The second-order valence-electron chi connectivity index (χ2n) is 6.13. The van der Waals surface area contributed by atoms with Gasteiger partial charge in [0.15, 0.2) is 0 Å². The fourth-order valence-electron chi connectivity index (χ4n) is 2.94. The minimum atomic E-state index is 0.00181. The van der Waals surface area contributed by atoms with Gasteiger partial charge >= 0.3 is 0 Å². The largest absolute Gasteiger partial charge is 0.381 e. The van der Waals surface area contributed by atoms with Crippen molar-refractivity contribution in [1.82, 2.24) is 15.2 Å². The average molecular weight is 354 g/mol. The topological polar surface area (TPSA) is 77.0 Å². The summed E-state index contributed by atoms with van der Waals surface area (Å²) in [6.45, 7) is 3.23. The Morgan fingerprint density at radius 2 is 2.04 bits per heavy atom. The summed E-state index contributed by atoms with van der Waals surface area (Å²) in [5, 5.41) is 15.1. The molecule has 7 heteroatoms. The van der Waals surface area contributed by atoms with Crippen molar-refractivity contribution in [1.29, 1.82) is 0 Å². The zero-order chi connectivity index (χ0) is 17.2. The van der Waals surface area contributed by atoms with Gasteiger partial charge in [-0.3, -0.25) is 4.79 Å². The number of aryl methyl sites for hydroxylation is 1. The van der Waals surface area contributed by atoms with Crippen LogP contribution in [0.5, 0.6) is 0 Å². The van der Waals surface area contributed by atoms with Crippen molar-refractivity contribution in [3.63, 3.8) is 0 Å². The van der Waals surface area contributed by atoms with Crippen LogP contribution in [-0.4, -0.2) is 34.3 Å². The molecule has 1 aliphatic rings. The highest BCUT2D eigenvalue weighted by Gasteiger charge is 2.21. The second-order valence-corrected chi connectivity index (χ2v) is 7.32. The van der Waals surface area contributed by atoms with E-state index in [2.05, 4.69) is 26.6 Å². The van der Waals surface area contributed by atoms with E-state index < -0.39 is 0 Å². The Balaban J connectivity index is 1.59. The fraction of sp³-hybridized carbons (Fsp3) is 0.333. The summed E-state index contributed by atoms with van der Waals surface area (Å²) in [7, 11) is 0. The highest BCUT2D eigenvalue weighted by molar-refractivity contribution is 7.14. The molecule has 4 rings (SSSR count). The molecule has 0 aliphatic carbocycles. The number of pyridine rings is 1. The molecular formula is C18H18N4O2S. The molecular weight excluding hydrogens is 336 g/mol. The number of ether oxygens (including phenoxy) is 1. The van der Waals surface area contributed by atoms with Gasteiger partial charge in [-0.25, -0.2) is 4.98 Å². The number of rotatable bonds is 3. The summed E-state index contributed by atoms with van der Waals surface area (Å²) in [4.78, 5) is 16.7. The summed E-state index contributed by atoms with van der Waals surface area (Å²) in [5.74, 6) is 0.600. The molecule has 1 aliphatic heterocycles. The highest BCUT2D eigenvalue weighted by atomic mass is 32.1. The van der Waals surface area contributed by atoms with Crippen molar-refractivity contribution < 1.29 is 9.53 Å². The minimum Gasteiger partial charge on any atom is -0.381 e. The van der Waals surface area contributed by atoms with E-state index in [1.165, 1.54) is 0 Å². The van der Waals surface area contributed by atoms with E-state index in [1.54, 1.807) is 17.5 Å². The number of hydrogen-bond donors (Lipinski definition) is 1. The molecule has 1 aromatic carbocycles. The van der Waals surface area contributed by atoms with Crippen LogP contribution in [0.1, 0.15) is 17.8 Å². The van der Waals surface area contributed by atoms with Crippen molar-refractivity contribution in [2.75, 3.05) is 18.5 Å². The number of nitrogens with zero attached hydrogens (tertiary/aromatic N) is 3. The summed E-state index contributed by atoms with van der Waals surface area (Å²) in [5.41, 5.74) is 1.02. The van der Waals surface area contributed by atoms with E-state index in [1.807, 2.05) is 25.1 Å². The lowest BCUT2D eigenvalue weighted by Gasteiger charge is -2.21. The Labute approximate surface area is 149 Å². The lowest BCUT2D eigenvalue weighted by molar-refractivity contribution is -0.122. The number of anilines is 1. The molecule has 2 aromatic heterocycles. The van der Waals surface area contributed by atoms with E-state index in [0.29, 0.717) is 19.0 Å². The van der Waals surface area contributed by atoms with Crippen molar-refractivity contribution in [3.8, 4) is 10.6 Å². The lowest BCUT2D eigenvalue weighted by Crippen LogP contribution is -2.28. The quantitative estimate of drug-likeness (QED) is 0.780. The Kier molecular flexibility index (Phi) is 4.42. The molecule has 0 spiro atoms. The monoisotopic (exact) mass is 354 g/mol. The van der Waals surface area contributed by atoms with Crippen LogP contribution in [0.25, 0.3) is 21.3 Å². The highest BCUT2D eigenvalue weighted by Crippen LogP contribution is 2.27. The first-order valence-corrected chi connectivity index (χ1v) is 9.09. The predicted molar refractivity (Wildman–Crippen MR) is 97.6 cm³/mol. The van der Waals surface area contributed by atoms with E-state index in [0.717, 1.165) is 39.2 Å². The van der Waals surface area contributed by atoms with E-state index in [9.17, 15) is 4.79 Å². The summed E-state index contributed by atoms with van der Waals surface area (Å²) < 4.78 is 5.31. The van der Waals surface area contributed by atoms with Gasteiger partial charge in [0, 0.05) is 36.3 Å². The Morgan fingerprint density at radius 1 is 1.20 bits per heavy atom. The molecule has 25 heavy (non-hydrogen) atoms. The first-order valence-electron chi connectivity index (χ1n) is 8.28. The third-order valence-electron chi connectivity index (χ3n) is 4.34. The van der Waals surface area contributed by atoms with Gasteiger partial charge in [-0.2, -0.15) is 0 Å². The summed E-state index contributed by atoms with van der Waals surface area (Å²) in [6.07, 6.45) is 3.31. The van der Waals surface area contributed by atoms with Gasteiger partial charge in [0.1, 0.15) is 15.8 Å². The number of carbonyl (C=O) groups excluding carboxylic acids is 1. The van der Waals surface area contributed by atoms with Gasteiger partial charge in [-0.05, 0) is 37.3 Å². The van der Waals surface area contributed by atoms with E-state index in [-0.39, 0.29) is 11.8 Å². The molecule has 0 saturated carbocycles. The second kappa shape index (κ2) is 6.85. The SMILES string of the molecule is Cc1nnc(-c2ccc3cnc(NC(=O)C4CCOCC4)cc3c2)s1. The maximum atomic E-state index is 12.4. The van der Waals surface area contributed by atoms with Gasteiger partial charge in [-0.1, -0.05) is 23.5 Å². The molecule has 0 radical (unpaired) electrons. The molecule has 3 heterocycles. The van der Waals surface area contributed by atoms with Crippen LogP contribution >= 0.6 is 11.3 Å². The zero-order valence-electron chi connectivity index (χ0n) is 13.9. The van der Waals surface area contributed by atoms with Crippen molar-refractivity contribution in [2.24, 2.45) is 5.92 Å². The molecule has 0 unspecified atom stereocenters. The number of nitrogens with one attached hydrogen (secondary N) is 1. The minimum absolute atomic E-state index is 0.00181. The first-order chi connectivity index (χ1) is 12.2. The van der Waals surface area contributed by atoms with E-state index >= 15 is 0 Å². The first kappa shape index (κ1) is 16.1. The molecule has 3 aromatic rings. The Bertz CT molecular complexity index is 918. The molecule has 6 nitrogen and oxygen atoms in total. The van der Waals surface area contributed by atoms with Crippen molar-refractivity contribution in [2.45, 2.75) is 19.8 Å². The zero-order valence-corrected chi connectivity index (χ0v) is 14.7.